The van der Waals surface area contributed by atoms with Crippen LogP contribution >= 0.6 is 11.6 Å². The highest BCUT2D eigenvalue weighted by atomic mass is 35.5. The first-order valence-electron chi connectivity index (χ1n) is 6.39. The summed E-state index contributed by atoms with van der Waals surface area (Å²) in [6.45, 7) is 2.20. The number of carbonyl (C=O) groups is 1. The van der Waals surface area contributed by atoms with Crippen molar-refractivity contribution >= 4 is 17.5 Å². The van der Waals surface area contributed by atoms with Crippen molar-refractivity contribution in [1.82, 2.24) is 5.32 Å². The molecule has 0 aliphatic rings. The molecule has 0 saturated heterocycles. The van der Waals surface area contributed by atoms with Gasteiger partial charge in [0.05, 0.1) is 0 Å². The number of nitrogens with one attached hydrogen (secondary N) is 1. The third-order valence-electron chi connectivity index (χ3n) is 2.79. The first kappa shape index (κ1) is 14.4. The summed E-state index contributed by atoms with van der Waals surface area (Å²) >= 11 is 5.87. The average Bonchev–Trinajstić information content (AvgIpc) is 2.46. The maximum atomic E-state index is 11.9. The molecule has 20 heavy (non-hydrogen) atoms. The Labute approximate surface area is 123 Å². The number of halogens is 1. The Morgan fingerprint density at radius 2 is 1.95 bits per heavy atom. The Balaban J connectivity index is 1.86. The molecule has 0 heterocycles. The van der Waals surface area contributed by atoms with E-state index in [0.717, 1.165) is 5.56 Å². The van der Waals surface area contributed by atoms with Crippen molar-refractivity contribution in [3.8, 4) is 5.75 Å². The smallest absolute Gasteiger partial charge is 0.261 e. The van der Waals surface area contributed by atoms with Crippen molar-refractivity contribution in [1.29, 1.82) is 0 Å². The number of ether oxygens (including phenoxy) is 1. The van der Waals surface area contributed by atoms with E-state index in [2.05, 4.69) is 5.32 Å². The Kier molecular flexibility index (Phi) is 5.02. The summed E-state index contributed by atoms with van der Waals surface area (Å²) in [5.74, 6) is 0.425. The molecule has 0 saturated carbocycles. The third kappa shape index (κ3) is 4.28. The van der Waals surface area contributed by atoms with Gasteiger partial charge < -0.3 is 10.1 Å². The highest BCUT2D eigenvalue weighted by Gasteiger charge is 2.14. The molecule has 2 aromatic rings. The molecule has 0 radical (unpaired) electrons. The van der Waals surface area contributed by atoms with E-state index in [-0.39, 0.29) is 5.91 Å². The van der Waals surface area contributed by atoms with Crippen LogP contribution in [-0.4, -0.2) is 12.0 Å². The Bertz CT molecular complexity index is 572. The van der Waals surface area contributed by atoms with Crippen LogP contribution in [0.5, 0.6) is 5.75 Å². The zero-order valence-corrected chi connectivity index (χ0v) is 11.9. The first-order chi connectivity index (χ1) is 9.65. The van der Waals surface area contributed by atoms with Crippen LogP contribution in [0.25, 0.3) is 0 Å². The highest BCUT2D eigenvalue weighted by molar-refractivity contribution is 6.30. The highest BCUT2D eigenvalue weighted by Crippen LogP contribution is 2.18. The molecule has 0 aliphatic heterocycles. The number of amides is 1. The van der Waals surface area contributed by atoms with Crippen molar-refractivity contribution in [2.24, 2.45) is 0 Å². The van der Waals surface area contributed by atoms with Crippen molar-refractivity contribution in [3.05, 3.63) is 65.2 Å². The monoisotopic (exact) mass is 289 g/mol. The van der Waals surface area contributed by atoms with E-state index in [0.29, 0.717) is 17.3 Å². The van der Waals surface area contributed by atoms with Gasteiger partial charge in [-0.1, -0.05) is 48.0 Å². The normalized spacial score (nSPS) is 11.7. The number of benzene rings is 2. The topological polar surface area (TPSA) is 38.3 Å². The molecule has 0 aromatic heterocycles. The lowest BCUT2D eigenvalue weighted by molar-refractivity contribution is -0.127. The molecule has 1 atom stereocenters. The van der Waals surface area contributed by atoms with E-state index in [1.54, 1.807) is 31.2 Å². The minimum Gasteiger partial charge on any atom is -0.481 e. The molecule has 2 aromatic carbocycles. The predicted molar refractivity (Wildman–Crippen MR) is 79.8 cm³/mol. The van der Waals surface area contributed by atoms with Gasteiger partial charge in [-0.05, 0) is 30.7 Å². The third-order valence-corrected chi connectivity index (χ3v) is 3.02. The van der Waals surface area contributed by atoms with E-state index in [4.69, 9.17) is 16.3 Å². The fourth-order valence-electron chi connectivity index (χ4n) is 1.73. The molecule has 0 unspecified atom stereocenters. The van der Waals surface area contributed by atoms with Crippen LogP contribution in [-0.2, 0) is 11.3 Å². The largest absolute Gasteiger partial charge is 0.481 e. The maximum absolute atomic E-state index is 11.9. The Morgan fingerprint density at radius 1 is 1.20 bits per heavy atom. The molecule has 1 amide bonds. The van der Waals surface area contributed by atoms with Crippen LogP contribution in [0.15, 0.2) is 54.6 Å². The summed E-state index contributed by atoms with van der Waals surface area (Å²) in [5, 5.41) is 3.42. The summed E-state index contributed by atoms with van der Waals surface area (Å²) in [5.41, 5.74) is 1.05. The van der Waals surface area contributed by atoms with Crippen LogP contribution in [0.3, 0.4) is 0 Å². The Morgan fingerprint density at radius 3 is 2.65 bits per heavy atom. The number of carbonyl (C=O) groups excluding carboxylic acids is 1. The van der Waals surface area contributed by atoms with Gasteiger partial charge in [-0.25, -0.2) is 0 Å². The standard InChI is InChI=1S/C16H16ClNO2/c1-12(20-15-9-5-8-14(17)10-15)16(19)18-11-13-6-3-2-4-7-13/h2-10,12H,11H2,1H3,(H,18,19)/t12-/m0/s1. The lowest BCUT2D eigenvalue weighted by atomic mass is 10.2. The van der Waals surface area contributed by atoms with Gasteiger partial charge in [-0.15, -0.1) is 0 Å². The van der Waals surface area contributed by atoms with E-state index < -0.39 is 6.10 Å². The van der Waals surface area contributed by atoms with Crippen LogP contribution in [0.4, 0.5) is 0 Å². The minimum absolute atomic E-state index is 0.158. The molecule has 0 aliphatic carbocycles. The molecular weight excluding hydrogens is 274 g/mol. The lowest BCUT2D eigenvalue weighted by Gasteiger charge is -2.14. The van der Waals surface area contributed by atoms with E-state index in [1.165, 1.54) is 0 Å². The maximum Gasteiger partial charge on any atom is 0.261 e. The fraction of sp³-hybridized carbons (Fsp3) is 0.188. The predicted octanol–water partition coefficient (Wildman–Crippen LogP) is 3.42. The summed E-state index contributed by atoms with van der Waals surface area (Å²) < 4.78 is 5.55. The molecule has 4 heteroatoms. The quantitative estimate of drug-likeness (QED) is 0.916. The summed E-state index contributed by atoms with van der Waals surface area (Å²) in [4.78, 5) is 11.9. The summed E-state index contributed by atoms with van der Waals surface area (Å²) in [6.07, 6.45) is -0.572. The van der Waals surface area contributed by atoms with E-state index in [1.807, 2.05) is 30.3 Å². The molecule has 3 nitrogen and oxygen atoms in total. The molecular formula is C16H16ClNO2. The SMILES string of the molecule is C[C@H](Oc1cccc(Cl)c1)C(=O)NCc1ccccc1. The minimum atomic E-state index is -0.572. The zero-order chi connectivity index (χ0) is 14.4. The molecule has 0 spiro atoms. The van der Waals surface area contributed by atoms with Crippen molar-refractivity contribution in [3.63, 3.8) is 0 Å². The van der Waals surface area contributed by atoms with Gasteiger partial charge in [0.2, 0.25) is 0 Å². The molecule has 104 valence electrons. The zero-order valence-electron chi connectivity index (χ0n) is 11.2. The number of hydrogen-bond donors (Lipinski definition) is 1. The summed E-state index contributed by atoms with van der Waals surface area (Å²) in [7, 11) is 0. The van der Waals surface area contributed by atoms with Crippen LogP contribution in [0.1, 0.15) is 12.5 Å². The van der Waals surface area contributed by atoms with Crippen LogP contribution in [0, 0.1) is 0 Å². The van der Waals surface area contributed by atoms with Gasteiger partial charge in [0, 0.05) is 11.6 Å². The van der Waals surface area contributed by atoms with Crippen molar-refractivity contribution in [2.45, 2.75) is 19.6 Å². The number of hydrogen-bond acceptors (Lipinski definition) is 2. The summed E-state index contributed by atoms with van der Waals surface area (Å²) in [6, 6.07) is 16.7. The van der Waals surface area contributed by atoms with Gasteiger partial charge in [0.25, 0.3) is 5.91 Å². The second kappa shape index (κ2) is 6.96. The molecule has 0 fully saturated rings. The van der Waals surface area contributed by atoms with E-state index >= 15 is 0 Å². The molecule has 1 N–H and O–H groups in total. The second-order valence-electron chi connectivity index (χ2n) is 4.42. The van der Waals surface area contributed by atoms with Gasteiger partial charge in [-0.3, -0.25) is 4.79 Å². The van der Waals surface area contributed by atoms with Crippen molar-refractivity contribution < 1.29 is 9.53 Å². The van der Waals surface area contributed by atoms with Crippen molar-refractivity contribution in [2.75, 3.05) is 0 Å². The van der Waals surface area contributed by atoms with Gasteiger partial charge in [-0.2, -0.15) is 0 Å². The van der Waals surface area contributed by atoms with Gasteiger partial charge in [0.1, 0.15) is 5.75 Å². The lowest BCUT2D eigenvalue weighted by Crippen LogP contribution is -2.35. The average molecular weight is 290 g/mol. The second-order valence-corrected chi connectivity index (χ2v) is 4.86. The van der Waals surface area contributed by atoms with Crippen LogP contribution in [0.2, 0.25) is 5.02 Å². The molecule has 2 rings (SSSR count). The number of rotatable bonds is 5. The fourth-order valence-corrected chi connectivity index (χ4v) is 1.91. The van der Waals surface area contributed by atoms with Crippen LogP contribution < -0.4 is 10.1 Å². The van der Waals surface area contributed by atoms with Gasteiger partial charge >= 0.3 is 0 Å². The first-order valence-corrected chi connectivity index (χ1v) is 6.77. The Hall–Kier alpha value is -2.00. The van der Waals surface area contributed by atoms with Gasteiger partial charge in [0.15, 0.2) is 6.10 Å². The molecule has 0 bridgehead atoms. The van der Waals surface area contributed by atoms with E-state index in [9.17, 15) is 4.79 Å².